The molecule has 0 saturated carbocycles. The van der Waals surface area contributed by atoms with E-state index >= 15 is 0 Å². The van der Waals surface area contributed by atoms with Gasteiger partial charge in [0.25, 0.3) is 0 Å². The van der Waals surface area contributed by atoms with Crippen molar-refractivity contribution in [3.05, 3.63) is 83.9 Å². The third kappa shape index (κ3) is 5.55. The molecule has 0 aliphatic carbocycles. The summed E-state index contributed by atoms with van der Waals surface area (Å²) in [4.78, 5) is 23.1. The van der Waals surface area contributed by atoms with Gasteiger partial charge in [0.1, 0.15) is 18.0 Å². The van der Waals surface area contributed by atoms with E-state index in [1.807, 2.05) is 48.0 Å². The van der Waals surface area contributed by atoms with Gasteiger partial charge >= 0.3 is 5.97 Å². The number of para-hydroxylation sites is 1. The number of hydrogen-bond acceptors (Lipinski definition) is 4. The van der Waals surface area contributed by atoms with Gasteiger partial charge < -0.3 is 14.4 Å². The number of carbonyl (C=O) groups excluding carboxylic acids is 2. The number of aliphatic hydroxyl groups excluding tert-OH is 1. The molecule has 0 fully saturated rings. The highest BCUT2D eigenvalue weighted by molar-refractivity contribution is 5.95. The van der Waals surface area contributed by atoms with Crippen molar-refractivity contribution in [2.75, 3.05) is 7.11 Å². The molecule has 2 aromatic carbocycles. The second-order valence-electron chi connectivity index (χ2n) is 7.18. The van der Waals surface area contributed by atoms with Crippen LogP contribution in [0.3, 0.4) is 0 Å². The lowest BCUT2D eigenvalue weighted by Gasteiger charge is -2.07. The number of halogens is 1. The molecule has 3 aromatic rings. The summed E-state index contributed by atoms with van der Waals surface area (Å²) >= 11 is 0. The van der Waals surface area contributed by atoms with Crippen LogP contribution in [0.15, 0.2) is 66.9 Å². The number of benzene rings is 2. The topological polar surface area (TPSA) is 68.5 Å². The molecular formula is C25H24FNO4. The summed E-state index contributed by atoms with van der Waals surface area (Å²) < 4.78 is 19.9. The molecule has 5 nitrogen and oxygen atoms in total. The first-order valence-corrected chi connectivity index (χ1v) is 9.87. The molecule has 1 heterocycles. The molecule has 0 radical (unpaired) electrons. The van der Waals surface area contributed by atoms with Gasteiger partial charge in [-0.3, -0.25) is 9.59 Å². The maximum absolute atomic E-state index is 13.4. The Morgan fingerprint density at radius 1 is 1.13 bits per heavy atom. The predicted molar refractivity (Wildman–Crippen MR) is 117 cm³/mol. The minimum Gasteiger partial charge on any atom is -0.469 e. The van der Waals surface area contributed by atoms with Crippen LogP contribution in [0.2, 0.25) is 0 Å². The van der Waals surface area contributed by atoms with Crippen LogP contribution in [-0.2, 0) is 14.3 Å². The fourth-order valence-electron chi connectivity index (χ4n) is 3.36. The Bertz CT molecular complexity index is 1080. The number of rotatable bonds is 8. The molecule has 1 unspecified atom stereocenters. The highest BCUT2D eigenvalue weighted by Gasteiger charge is 2.16. The second kappa shape index (κ2) is 10.00. The van der Waals surface area contributed by atoms with Crippen molar-refractivity contribution in [1.82, 2.24) is 4.57 Å². The van der Waals surface area contributed by atoms with Gasteiger partial charge in [0.15, 0.2) is 0 Å². The van der Waals surface area contributed by atoms with E-state index in [4.69, 9.17) is 0 Å². The molecule has 31 heavy (non-hydrogen) atoms. The highest BCUT2D eigenvalue weighted by Crippen LogP contribution is 2.31. The van der Waals surface area contributed by atoms with Crippen LogP contribution in [0, 0.1) is 12.7 Å². The van der Waals surface area contributed by atoms with Gasteiger partial charge in [-0.15, -0.1) is 0 Å². The summed E-state index contributed by atoms with van der Waals surface area (Å²) in [5, 5.41) is 10.3. The van der Waals surface area contributed by atoms with Gasteiger partial charge in [-0.1, -0.05) is 42.5 Å². The SMILES string of the molecule is COC(=O)CC(=O)CC(O)/C=C/c1c(-c2ccc(F)cc2)cn(-c2ccccc2)c1C. The maximum atomic E-state index is 13.4. The molecule has 1 N–H and O–H groups in total. The van der Waals surface area contributed by atoms with Crippen molar-refractivity contribution in [2.24, 2.45) is 0 Å². The Hall–Kier alpha value is -3.51. The normalized spacial score (nSPS) is 12.1. The van der Waals surface area contributed by atoms with Crippen LogP contribution in [0.1, 0.15) is 24.1 Å². The Morgan fingerprint density at radius 2 is 1.81 bits per heavy atom. The van der Waals surface area contributed by atoms with Gasteiger partial charge in [-0.2, -0.15) is 0 Å². The fraction of sp³-hybridized carbons (Fsp3) is 0.200. The summed E-state index contributed by atoms with van der Waals surface area (Å²) in [6, 6.07) is 16.0. The third-order valence-corrected chi connectivity index (χ3v) is 4.98. The van der Waals surface area contributed by atoms with Gasteiger partial charge in [0.2, 0.25) is 0 Å². The molecule has 0 aliphatic rings. The molecule has 0 spiro atoms. The molecule has 0 bridgehead atoms. The molecule has 3 rings (SSSR count). The van der Waals surface area contributed by atoms with Crippen molar-refractivity contribution in [3.8, 4) is 16.8 Å². The molecule has 1 atom stereocenters. The number of aromatic nitrogens is 1. The number of hydrogen-bond donors (Lipinski definition) is 1. The van der Waals surface area contributed by atoms with Crippen LogP contribution in [-0.4, -0.2) is 34.6 Å². The van der Waals surface area contributed by atoms with Crippen molar-refractivity contribution >= 4 is 17.8 Å². The van der Waals surface area contributed by atoms with Crippen LogP contribution in [0.4, 0.5) is 4.39 Å². The lowest BCUT2D eigenvalue weighted by molar-refractivity contribution is -0.143. The fourth-order valence-corrected chi connectivity index (χ4v) is 3.36. The van der Waals surface area contributed by atoms with E-state index in [2.05, 4.69) is 4.74 Å². The van der Waals surface area contributed by atoms with Crippen molar-refractivity contribution in [3.63, 3.8) is 0 Å². The Labute approximate surface area is 180 Å². The number of aliphatic hydroxyl groups is 1. The number of methoxy groups -OCH3 is 1. The van der Waals surface area contributed by atoms with E-state index in [9.17, 15) is 19.1 Å². The smallest absolute Gasteiger partial charge is 0.313 e. The zero-order valence-electron chi connectivity index (χ0n) is 17.4. The molecule has 0 amide bonds. The number of Topliss-reactive ketones (excluding diaryl/α,β-unsaturated/α-hetero) is 1. The Morgan fingerprint density at radius 3 is 2.45 bits per heavy atom. The lowest BCUT2D eigenvalue weighted by atomic mass is 10.0. The third-order valence-electron chi connectivity index (χ3n) is 4.98. The summed E-state index contributed by atoms with van der Waals surface area (Å²) in [7, 11) is 1.21. The van der Waals surface area contributed by atoms with E-state index in [1.165, 1.54) is 25.3 Å². The maximum Gasteiger partial charge on any atom is 0.313 e. The zero-order chi connectivity index (χ0) is 22.4. The summed E-state index contributed by atoms with van der Waals surface area (Å²) in [5.74, 6) is -1.35. The average molecular weight is 421 g/mol. The van der Waals surface area contributed by atoms with Crippen LogP contribution >= 0.6 is 0 Å². The lowest BCUT2D eigenvalue weighted by Crippen LogP contribution is -2.15. The van der Waals surface area contributed by atoms with E-state index in [1.54, 1.807) is 18.2 Å². The molecule has 6 heteroatoms. The van der Waals surface area contributed by atoms with Crippen molar-refractivity contribution in [1.29, 1.82) is 0 Å². The molecule has 160 valence electrons. The summed E-state index contributed by atoms with van der Waals surface area (Å²) in [6.45, 7) is 1.95. The summed E-state index contributed by atoms with van der Waals surface area (Å²) in [5.41, 5.74) is 4.43. The monoisotopic (exact) mass is 421 g/mol. The highest BCUT2D eigenvalue weighted by atomic mass is 19.1. The Balaban J connectivity index is 1.93. The first kappa shape index (κ1) is 22.2. The van der Waals surface area contributed by atoms with Gasteiger partial charge in [-0.05, 0) is 36.8 Å². The number of ether oxygens (including phenoxy) is 1. The first-order valence-electron chi connectivity index (χ1n) is 9.87. The predicted octanol–water partition coefficient (Wildman–Crippen LogP) is 4.49. The minimum absolute atomic E-state index is 0.185. The first-order chi connectivity index (χ1) is 14.9. The van der Waals surface area contributed by atoms with Crippen molar-refractivity contribution < 1.29 is 23.8 Å². The van der Waals surface area contributed by atoms with E-state index in [-0.39, 0.29) is 18.7 Å². The number of carbonyl (C=O) groups is 2. The number of esters is 1. The van der Waals surface area contributed by atoms with Crippen LogP contribution < -0.4 is 0 Å². The van der Waals surface area contributed by atoms with Crippen LogP contribution in [0.25, 0.3) is 22.9 Å². The second-order valence-corrected chi connectivity index (χ2v) is 7.18. The minimum atomic E-state index is -1.04. The standard InChI is InChI=1S/C25H24FNO4/c1-17-23(13-12-21(28)14-22(29)15-25(30)31-2)24(18-8-10-19(26)11-9-18)16-27(17)20-6-4-3-5-7-20/h3-13,16,21,28H,14-15H2,1-2H3/b13-12+. The summed E-state index contributed by atoms with van der Waals surface area (Å²) in [6.07, 6.45) is 3.65. The quantitative estimate of drug-likeness (QED) is 0.430. The van der Waals surface area contributed by atoms with Gasteiger partial charge in [0, 0.05) is 35.1 Å². The Kier molecular flexibility index (Phi) is 7.15. The number of ketones is 1. The largest absolute Gasteiger partial charge is 0.469 e. The van der Waals surface area contributed by atoms with E-state index in [0.717, 1.165) is 28.1 Å². The van der Waals surface area contributed by atoms with Gasteiger partial charge in [0.05, 0.1) is 13.2 Å². The molecule has 0 saturated heterocycles. The van der Waals surface area contributed by atoms with E-state index < -0.39 is 17.9 Å². The molecule has 1 aromatic heterocycles. The zero-order valence-corrected chi connectivity index (χ0v) is 17.4. The number of nitrogens with zero attached hydrogens (tertiary/aromatic N) is 1. The average Bonchev–Trinajstić information content (AvgIpc) is 3.09. The van der Waals surface area contributed by atoms with Crippen molar-refractivity contribution in [2.45, 2.75) is 25.9 Å². The van der Waals surface area contributed by atoms with Crippen LogP contribution in [0.5, 0.6) is 0 Å². The van der Waals surface area contributed by atoms with E-state index in [0.29, 0.717) is 0 Å². The molecular weight excluding hydrogens is 397 g/mol. The molecule has 0 aliphatic heterocycles. The van der Waals surface area contributed by atoms with Gasteiger partial charge in [-0.25, -0.2) is 4.39 Å².